The third-order valence-electron chi connectivity index (χ3n) is 7.92. The van der Waals surface area contributed by atoms with Crippen LogP contribution in [0.15, 0.2) is 103 Å². The lowest BCUT2D eigenvalue weighted by Crippen LogP contribution is -2.15. The van der Waals surface area contributed by atoms with Gasteiger partial charge in [-0.15, -0.1) is 0 Å². The maximum atomic E-state index is 6.61. The predicted molar refractivity (Wildman–Crippen MR) is 149 cm³/mol. The zero-order chi connectivity index (χ0) is 24.7. The first-order valence-corrected chi connectivity index (χ1v) is 12.6. The van der Waals surface area contributed by atoms with Crippen molar-refractivity contribution in [3.05, 3.63) is 114 Å². The van der Waals surface area contributed by atoms with Gasteiger partial charge in [0.25, 0.3) is 0 Å². The lowest BCUT2D eigenvalue weighted by atomic mass is 9.82. The molecule has 0 atom stereocenters. The standard InChI is InChI=1S/C34H23NO2/c1-34(2)26-12-6-5-10-23(26)25-18-30-31(19-27(25)34)37-33-24(11-7-13-29(33)36-30)28-17-16-21-15-14-20-8-3-4-9-22(20)32(21)35-28/h3-19H,1-2H3. The second-order valence-corrected chi connectivity index (χ2v) is 10.4. The Labute approximate surface area is 214 Å². The van der Waals surface area contributed by atoms with Crippen LogP contribution in [-0.2, 0) is 5.41 Å². The number of aromatic nitrogens is 1. The monoisotopic (exact) mass is 477 g/mol. The molecule has 0 amide bonds. The van der Waals surface area contributed by atoms with E-state index in [1.807, 2.05) is 12.1 Å². The minimum Gasteiger partial charge on any atom is -0.449 e. The van der Waals surface area contributed by atoms with E-state index in [4.69, 9.17) is 14.5 Å². The summed E-state index contributed by atoms with van der Waals surface area (Å²) in [4.78, 5) is 5.11. The first kappa shape index (κ1) is 20.6. The molecule has 3 nitrogen and oxygen atoms in total. The number of fused-ring (bicyclic) bond motifs is 8. The topological polar surface area (TPSA) is 31.4 Å². The molecule has 0 N–H and O–H groups in total. The summed E-state index contributed by atoms with van der Waals surface area (Å²) < 4.78 is 13.1. The van der Waals surface area contributed by atoms with E-state index >= 15 is 0 Å². The lowest BCUT2D eigenvalue weighted by molar-refractivity contribution is 0.360. The zero-order valence-electron chi connectivity index (χ0n) is 20.6. The summed E-state index contributed by atoms with van der Waals surface area (Å²) in [6.45, 7) is 4.55. The van der Waals surface area contributed by atoms with Crippen LogP contribution in [0.3, 0.4) is 0 Å². The van der Waals surface area contributed by atoms with Crippen molar-refractivity contribution in [2.45, 2.75) is 19.3 Å². The summed E-state index contributed by atoms with van der Waals surface area (Å²) in [6, 6.07) is 35.8. The maximum absolute atomic E-state index is 6.61. The van der Waals surface area contributed by atoms with Gasteiger partial charge in [-0.05, 0) is 58.0 Å². The quantitative estimate of drug-likeness (QED) is 0.221. The van der Waals surface area contributed by atoms with Crippen molar-refractivity contribution in [1.29, 1.82) is 0 Å². The highest BCUT2D eigenvalue weighted by atomic mass is 16.6. The van der Waals surface area contributed by atoms with Crippen LogP contribution in [0, 0.1) is 0 Å². The average Bonchev–Trinajstić information content (AvgIpc) is 3.16. The molecule has 8 rings (SSSR count). The molecule has 0 saturated carbocycles. The van der Waals surface area contributed by atoms with E-state index in [0.717, 1.165) is 39.0 Å². The molecule has 5 aromatic carbocycles. The molecule has 1 aliphatic heterocycles. The smallest absolute Gasteiger partial charge is 0.179 e. The van der Waals surface area contributed by atoms with Gasteiger partial charge in [0.05, 0.1) is 11.2 Å². The lowest BCUT2D eigenvalue weighted by Gasteiger charge is -2.26. The van der Waals surface area contributed by atoms with Crippen LogP contribution in [-0.4, -0.2) is 4.98 Å². The van der Waals surface area contributed by atoms with Gasteiger partial charge < -0.3 is 9.47 Å². The number of pyridine rings is 1. The molecular weight excluding hydrogens is 454 g/mol. The van der Waals surface area contributed by atoms with Crippen LogP contribution < -0.4 is 9.47 Å². The molecule has 2 aliphatic rings. The highest BCUT2D eigenvalue weighted by molar-refractivity contribution is 6.05. The van der Waals surface area contributed by atoms with Gasteiger partial charge in [0, 0.05) is 21.8 Å². The van der Waals surface area contributed by atoms with E-state index in [9.17, 15) is 0 Å². The number of benzene rings is 5. The zero-order valence-corrected chi connectivity index (χ0v) is 20.6. The number of para-hydroxylation sites is 1. The van der Waals surface area contributed by atoms with Gasteiger partial charge in [0.1, 0.15) is 0 Å². The maximum Gasteiger partial charge on any atom is 0.179 e. The molecule has 1 aromatic heterocycles. The molecule has 0 bridgehead atoms. The molecule has 176 valence electrons. The molecule has 2 heterocycles. The van der Waals surface area contributed by atoms with Gasteiger partial charge in [-0.25, -0.2) is 4.98 Å². The van der Waals surface area contributed by atoms with E-state index in [0.29, 0.717) is 11.5 Å². The Bertz CT molecular complexity index is 1920. The summed E-state index contributed by atoms with van der Waals surface area (Å²) >= 11 is 0. The van der Waals surface area contributed by atoms with Crippen LogP contribution >= 0.6 is 0 Å². The van der Waals surface area contributed by atoms with Gasteiger partial charge in [-0.1, -0.05) is 86.6 Å². The molecule has 3 heteroatoms. The van der Waals surface area contributed by atoms with E-state index in [2.05, 4.69) is 105 Å². The SMILES string of the molecule is CC1(C)c2ccccc2-c2cc3c(cc21)Oc1c(cccc1-c1ccc2ccc4ccccc4c2n1)O3. The Hall–Kier alpha value is -4.63. The predicted octanol–water partition coefficient (Wildman–Crippen LogP) is 9.26. The van der Waals surface area contributed by atoms with Gasteiger partial charge in [-0.2, -0.15) is 0 Å². The number of rotatable bonds is 1. The Kier molecular flexibility index (Phi) is 4.00. The number of nitrogens with zero attached hydrogens (tertiary/aromatic N) is 1. The summed E-state index contributed by atoms with van der Waals surface area (Å²) in [5.41, 5.74) is 7.73. The Morgan fingerprint density at radius 3 is 2.27 bits per heavy atom. The van der Waals surface area contributed by atoms with Crippen molar-refractivity contribution in [3.63, 3.8) is 0 Å². The molecular formula is C34H23NO2. The van der Waals surface area contributed by atoms with Crippen LogP contribution in [0.1, 0.15) is 25.0 Å². The summed E-state index contributed by atoms with van der Waals surface area (Å²) in [7, 11) is 0. The number of ether oxygens (including phenoxy) is 2. The fourth-order valence-corrected chi connectivity index (χ4v) is 6.01. The summed E-state index contributed by atoms with van der Waals surface area (Å²) in [6.07, 6.45) is 0. The van der Waals surface area contributed by atoms with Gasteiger partial charge in [-0.3, -0.25) is 0 Å². The molecule has 0 radical (unpaired) electrons. The highest BCUT2D eigenvalue weighted by Crippen LogP contribution is 2.56. The van der Waals surface area contributed by atoms with E-state index in [1.165, 1.54) is 27.6 Å². The third kappa shape index (κ3) is 2.85. The first-order chi connectivity index (χ1) is 18.1. The molecule has 0 unspecified atom stereocenters. The molecule has 1 aliphatic carbocycles. The van der Waals surface area contributed by atoms with E-state index in [1.54, 1.807) is 0 Å². The Morgan fingerprint density at radius 1 is 0.568 bits per heavy atom. The largest absolute Gasteiger partial charge is 0.449 e. The van der Waals surface area contributed by atoms with Crippen molar-refractivity contribution < 1.29 is 9.47 Å². The van der Waals surface area contributed by atoms with E-state index in [-0.39, 0.29) is 5.41 Å². The summed E-state index contributed by atoms with van der Waals surface area (Å²) in [5.74, 6) is 2.89. The summed E-state index contributed by atoms with van der Waals surface area (Å²) in [5, 5.41) is 3.44. The van der Waals surface area contributed by atoms with Gasteiger partial charge >= 0.3 is 0 Å². The minimum atomic E-state index is -0.106. The van der Waals surface area contributed by atoms with Crippen LogP contribution in [0.5, 0.6) is 23.0 Å². The number of hydrogen-bond acceptors (Lipinski definition) is 3. The van der Waals surface area contributed by atoms with Crippen LogP contribution in [0.25, 0.3) is 44.1 Å². The fraction of sp³-hybridized carbons (Fsp3) is 0.0882. The minimum absolute atomic E-state index is 0.106. The molecule has 37 heavy (non-hydrogen) atoms. The average molecular weight is 478 g/mol. The third-order valence-corrected chi connectivity index (χ3v) is 7.92. The van der Waals surface area contributed by atoms with Gasteiger partial charge in [0.2, 0.25) is 0 Å². The van der Waals surface area contributed by atoms with Crippen molar-refractivity contribution in [2.24, 2.45) is 0 Å². The van der Waals surface area contributed by atoms with Crippen molar-refractivity contribution >= 4 is 21.7 Å². The van der Waals surface area contributed by atoms with Crippen molar-refractivity contribution in [2.75, 3.05) is 0 Å². The van der Waals surface area contributed by atoms with Crippen LogP contribution in [0.2, 0.25) is 0 Å². The van der Waals surface area contributed by atoms with Crippen molar-refractivity contribution in [1.82, 2.24) is 4.98 Å². The molecule has 6 aromatic rings. The molecule has 0 spiro atoms. The first-order valence-electron chi connectivity index (χ1n) is 12.6. The second-order valence-electron chi connectivity index (χ2n) is 10.4. The fourth-order valence-electron chi connectivity index (χ4n) is 6.01. The Balaban J connectivity index is 1.27. The number of hydrogen-bond donors (Lipinski definition) is 0. The Morgan fingerprint density at radius 2 is 1.32 bits per heavy atom. The van der Waals surface area contributed by atoms with E-state index < -0.39 is 0 Å². The normalized spacial score (nSPS) is 14.3. The molecule has 0 fully saturated rings. The molecule has 0 saturated heterocycles. The second kappa shape index (κ2) is 7.21. The highest BCUT2D eigenvalue weighted by Gasteiger charge is 2.37. The van der Waals surface area contributed by atoms with Crippen molar-refractivity contribution in [3.8, 4) is 45.4 Å². The van der Waals surface area contributed by atoms with Gasteiger partial charge in [0.15, 0.2) is 23.0 Å². The van der Waals surface area contributed by atoms with Crippen LogP contribution in [0.4, 0.5) is 0 Å².